The van der Waals surface area contributed by atoms with Crippen LogP contribution in [0.2, 0.25) is 5.02 Å². The fraction of sp³-hybridized carbons (Fsp3) is 0.240. The Morgan fingerprint density at radius 2 is 2.09 bits per heavy atom. The first-order chi connectivity index (χ1) is 16.5. The Labute approximate surface area is 203 Å². The van der Waals surface area contributed by atoms with Gasteiger partial charge in [-0.25, -0.2) is 14.2 Å². The van der Waals surface area contributed by atoms with Crippen molar-refractivity contribution >= 4 is 41.1 Å². The molecule has 0 aliphatic rings. The highest BCUT2D eigenvalue weighted by Gasteiger charge is 2.11. The summed E-state index contributed by atoms with van der Waals surface area (Å²) in [6, 6.07) is 12.0. The Morgan fingerprint density at radius 3 is 2.85 bits per heavy atom. The maximum absolute atomic E-state index is 13.5. The minimum Gasteiger partial charge on any atom is -0.463 e. The first-order valence-electron chi connectivity index (χ1n) is 10.8. The van der Waals surface area contributed by atoms with Crippen molar-refractivity contribution in [2.24, 2.45) is 0 Å². The molecule has 0 saturated heterocycles. The van der Waals surface area contributed by atoms with Crippen LogP contribution in [0.3, 0.4) is 0 Å². The second-order valence-electron chi connectivity index (χ2n) is 7.19. The lowest BCUT2D eigenvalue weighted by Gasteiger charge is -2.14. The Kier molecular flexibility index (Phi) is 9.37. The third kappa shape index (κ3) is 7.26. The second kappa shape index (κ2) is 12.7. The van der Waals surface area contributed by atoms with Gasteiger partial charge < -0.3 is 20.1 Å². The number of anilines is 3. The van der Waals surface area contributed by atoms with E-state index >= 15 is 0 Å². The predicted octanol–water partition coefficient (Wildman–Crippen LogP) is 5.70. The molecule has 7 nitrogen and oxygen atoms in total. The van der Waals surface area contributed by atoms with E-state index in [1.165, 1.54) is 18.2 Å². The number of carbonyl (C=O) groups is 1. The number of halogens is 2. The lowest BCUT2D eigenvalue weighted by atomic mass is 10.0. The molecule has 0 amide bonds. The molecule has 9 heteroatoms. The van der Waals surface area contributed by atoms with E-state index < -0.39 is 11.8 Å². The molecule has 3 rings (SSSR count). The molecule has 1 aromatic heterocycles. The maximum Gasteiger partial charge on any atom is 0.330 e. The van der Waals surface area contributed by atoms with Crippen LogP contribution < -0.4 is 10.6 Å². The number of nitrogens with zero attached hydrogens (tertiary/aromatic N) is 2. The molecular formula is C25H26ClFN4O3. The summed E-state index contributed by atoms with van der Waals surface area (Å²) in [6.45, 7) is 3.34. The summed E-state index contributed by atoms with van der Waals surface area (Å²) < 4.78 is 23.5. The fourth-order valence-corrected chi connectivity index (χ4v) is 3.26. The zero-order valence-electron chi connectivity index (χ0n) is 19.0. The molecule has 0 radical (unpaired) electrons. The van der Waals surface area contributed by atoms with Crippen molar-refractivity contribution in [3.05, 3.63) is 71.1 Å². The lowest BCUT2D eigenvalue weighted by molar-refractivity contribution is -0.137. The maximum atomic E-state index is 13.5. The zero-order valence-corrected chi connectivity index (χ0v) is 19.7. The van der Waals surface area contributed by atoms with E-state index in [4.69, 9.17) is 21.1 Å². The van der Waals surface area contributed by atoms with Crippen molar-refractivity contribution < 1.29 is 18.7 Å². The molecule has 34 heavy (non-hydrogen) atoms. The van der Waals surface area contributed by atoms with E-state index in [1.807, 2.05) is 24.3 Å². The average Bonchev–Trinajstić information content (AvgIpc) is 2.83. The summed E-state index contributed by atoms with van der Waals surface area (Å²) in [4.78, 5) is 20.7. The van der Waals surface area contributed by atoms with E-state index in [0.717, 1.165) is 23.1 Å². The van der Waals surface area contributed by atoms with E-state index in [0.29, 0.717) is 37.2 Å². The molecule has 0 spiro atoms. The predicted molar refractivity (Wildman–Crippen MR) is 133 cm³/mol. The largest absolute Gasteiger partial charge is 0.463 e. The molecule has 0 bridgehead atoms. The van der Waals surface area contributed by atoms with Gasteiger partial charge in [-0.15, -0.1) is 0 Å². The Morgan fingerprint density at radius 1 is 1.24 bits per heavy atom. The summed E-state index contributed by atoms with van der Waals surface area (Å²) in [6.07, 6.45) is 5.58. The van der Waals surface area contributed by atoms with Crippen LogP contribution in [0.5, 0.6) is 0 Å². The number of methoxy groups -OCH3 is 1. The van der Waals surface area contributed by atoms with Gasteiger partial charge in [-0.1, -0.05) is 29.8 Å². The molecule has 0 unspecified atom stereocenters. The highest BCUT2D eigenvalue weighted by atomic mass is 35.5. The molecule has 0 atom stereocenters. The van der Waals surface area contributed by atoms with Gasteiger partial charge in [0, 0.05) is 43.8 Å². The van der Waals surface area contributed by atoms with Gasteiger partial charge in [-0.05, 0) is 54.8 Å². The molecule has 2 aromatic carbocycles. The van der Waals surface area contributed by atoms with Crippen molar-refractivity contribution in [1.29, 1.82) is 0 Å². The fourth-order valence-electron chi connectivity index (χ4n) is 3.08. The summed E-state index contributed by atoms with van der Waals surface area (Å²) in [7, 11) is 1.65. The van der Waals surface area contributed by atoms with Crippen LogP contribution >= 0.6 is 11.6 Å². The van der Waals surface area contributed by atoms with Crippen LogP contribution in [0, 0.1) is 5.82 Å². The number of carbonyl (C=O) groups excluding carboxylic acids is 1. The van der Waals surface area contributed by atoms with Gasteiger partial charge >= 0.3 is 5.97 Å². The quantitative estimate of drug-likeness (QED) is 0.205. The van der Waals surface area contributed by atoms with Gasteiger partial charge in [0.15, 0.2) is 0 Å². The molecule has 1 heterocycles. The van der Waals surface area contributed by atoms with E-state index in [1.54, 1.807) is 32.4 Å². The molecule has 0 fully saturated rings. The lowest BCUT2D eigenvalue weighted by Crippen LogP contribution is -2.09. The number of esters is 1. The third-order valence-electron chi connectivity index (χ3n) is 4.68. The monoisotopic (exact) mass is 484 g/mol. The van der Waals surface area contributed by atoms with Crippen molar-refractivity contribution in [1.82, 2.24) is 9.97 Å². The highest BCUT2D eigenvalue weighted by Crippen LogP contribution is 2.29. The summed E-state index contributed by atoms with van der Waals surface area (Å²) in [5.41, 5.74) is 3.05. The number of hydrogen-bond acceptors (Lipinski definition) is 7. The van der Waals surface area contributed by atoms with E-state index in [9.17, 15) is 9.18 Å². The van der Waals surface area contributed by atoms with Crippen molar-refractivity contribution in [3.63, 3.8) is 0 Å². The smallest absolute Gasteiger partial charge is 0.330 e. The summed E-state index contributed by atoms with van der Waals surface area (Å²) in [5.74, 6) is 0.0568. The van der Waals surface area contributed by atoms with Gasteiger partial charge in [0.1, 0.15) is 11.6 Å². The standard InChI is InChI=1S/C25H26ClFN4O3/c1-3-34-23(32)11-8-17-6-4-7-18(14-17)20-16-29-25(31-24(20)28-12-5-13-33-2)30-19-9-10-22(27)21(26)15-19/h4,6-11,14-16H,3,5,12-13H2,1-2H3,(H2,28,29,30,31). The number of hydrogen-bond donors (Lipinski definition) is 2. The van der Waals surface area contributed by atoms with Crippen LogP contribution in [0.25, 0.3) is 17.2 Å². The van der Waals surface area contributed by atoms with Crippen molar-refractivity contribution in [2.75, 3.05) is 37.5 Å². The molecule has 3 aromatic rings. The van der Waals surface area contributed by atoms with Crippen LogP contribution in [-0.4, -0.2) is 42.8 Å². The van der Waals surface area contributed by atoms with Gasteiger partial charge in [-0.3, -0.25) is 0 Å². The first kappa shape index (κ1) is 25.1. The Bertz CT molecular complexity index is 1160. The topological polar surface area (TPSA) is 85.4 Å². The normalized spacial score (nSPS) is 10.9. The molecule has 0 saturated carbocycles. The highest BCUT2D eigenvalue weighted by molar-refractivity contribution is 6.31. The van der Waals surface area contributed by atoms with Gasteiger partial charge in [-0.2, -0.15) is 4.98 Å². The van der Waals surface area contributed by atoms with E-state index in [-0.39, 0.29) is 5.02 Å². The third-order valence-corrected chi connectivity index (χ3v) is 4.97. The summed E-state index contributed by atoms with van der Waals surface area (Å²) >= 11 is 5.88. The number of benzene rings is 2. The van der Waals surface area contributed by atoms with Crippen molar-refractivity contribution in [3.8, 4) is 11.1 Å². The minimum absolute atomic E-state index is 0.00669. The van der Waals surface area contributed by atoms with Crippen LogP contribution in [0.15, 0.2) is 54.7 Å². The number of nitrogens with one attached hydrogen (secondary N) is 2. The van der Waals surface area contributed by atoms with Crippen LogP contribution in [0.4, 0.5) is 21.8 Å². The van der Waals surface area contributed by atoms with Crippen LogP contribution in [0.1, 0.15) is 18.9 Å². The van der Waals surface area contributed by atoms with Gasteiger partial charge in [0.05, 0.1) is 11.6 Å². The molecule has 2 N–H and O–H groups in total. The Balaban J connectivity index is 1.88. The Hall–Kier alpha value is -3.49. The van der Waals surface area contributed by atoms with E-state index in [2.05, 4.69) is 20.6 Å². The number of aromatic nitrogens is 2. The van der Waals surface area contributed by atoms with Gasteiger partial charge in [0.2, 0.25) is 5.95 Å². The second-order valence-corrected chi connectivity index (χ2v) is 7.60. The number of rotatable bonds is 11. The molecule has 0 aliphatic heterocycles. The summed E-state index contributed by atoms with van der Waals surface area (Å²) in [5, 5.41) is 6.39. The number of ether oxygens (including phenoxy) is 2. The molecular weight excluding hydrogens is 459 g/mol. The zero-order chi connectivity index (χ0) is 24.3. The van der Waals surface area contributed by atoms with Gasteiger partial charge in [0.25, 0.3) is 0 Å². The first-order valence-corrected chi connectivity index (χ1v) is 11.1. The SMILES string of the molecule is CCOC(=O)C=Cc1cccc(-c2cnc(Nc3ccc(F)c(Cl)c3)nc2NCCCOC)c1. The average molecular weight is 485 g/mol. The molecule has 178 valence electrons. The molecule has 0 aliphatic carbocycles. The minimum atomic E-state index is -0.499. The van der Waals surface area contributed by atoms with Crippen LogP contribution in [-0.2, 0) is 14.3 Å². The van der Waals surface area contributed by atoms with Crippen molar-refractivity contribution in [2.45, 2.75) is 13.3 Å².